The van der Waals surface area contributed by atoms with Crippen molar-refractivity contribution in [3.05, 3.63) is 41.2 Å². The molecule has 0 bridgehead atoms. The van der Waals surface area contributed by atoms with Crippen LogP contribution >= 0.6 is 0 Å². The number of ether oxygens (including phenoxy) is 1. The maximum atomic E-state index is 13.7. The Balaban J connectivity index is 2.54. The summed E-state index contributed by atoms with van der Waals surface area (Å²) in [5, 5.41) is 3.64. The van der Waals surface area contributed by atoms with Crippen LogP contribution in [0.5, 0.6) is 0 Å². The summed E-state index contributed by atoms with van der Waals surface area (Å²) in [5.41, 5.74) is 0.0436. The molecule has 1 heterocycles. The lowest BCUT2D eigenvalue weighted by atomic mass is 10.1. The van der Waals surface area contributed by atoms with Crippen molar-refractivity contribution >= 4 is 5.97 Å². The Morgan fingerprint density at radius 2 is 2.16 bits per heavy atom. The molecule has 0 fully saturated rings. The lowest BCUT2D eigenvalue weighted by molar-refractivity contribution is 0.0525. The molecule has 0 radical (unpaired) electrons. The molecule has 6 heteroatoms. The van der Waals surface area contributed by atoms with E-state index in [2.05, 4.69) is 5.16 Å². The topological polar surface area (TPSA) is 52.3 Å². The molecule has 0 N–H and O–H groups in total. The van der Waals surface area contributed by atoms with Crippen molar-refractivity contribution in [2.24, 2.45) is 0 Å². The lowest BCUT2D eigenvalue weighted by Gasteiger charge is -2.03. The third kappa shape index (κ3) is 2.47. The summed E-state index contributed by atoms with van der Waals surface area (Å²) in [7, 11) is 0. The minimum atomic E-state index is -0.821. The summed E-state index contributed by atoms with van der Waals surface area (Å²) in [4.78, 5) is 11.8. The van der Waals surface area contributed by atoms with Gasteiger partial charge in [-0.3, -0.25) is 0 Å². The quantitative estimate of drug-likeness (QED) is 0.802. The van der Waals surface area contributed by atoms with Gasteiger partial charge in [-0.2, -0.15) is 0 Å². The van der Waals surface area contributed by atoms with Crippen LogP contribution in [0, 0.1) is 18.6 Å². The number of carbonyl (C=O) groups excluding carboxylic acids is 1. The second-order valence-corrected chi connectivity index (χ2v) is 3.81. The van der Waals surface area contributed by atoms with E-state index in [1.165, 1.54) is 13.0 Å². The van der Waals surface area contributed by atoms with Gasteiger partial charge in [-0.05, 0) is 26.0 Å². The largest absolute Gasteiger partial charge is 0.462 e. The minimum Gasteiger partial charge on any atom is -0.462 e. The van der Waals surface area contributed by atoms with Gasteiger partial charge in [0.1, 0.15) is 28.7 Å². The number of esters is 1. The Hall–Kier alpha value is -2.24. The summed E-state index contributed by atoms with van der Waals surface area (Å²) in [6.07, 6.45) is 0. The Morgan fingerprint density at radius 1 is 1.42 bits per heavy atom. The van der Waals surface area contributed by atoms with Crippen molar-refractivity contribution in [1.82, 2.24) is 5.16 Å². The average molecular weight is 267 g/mol. The van der Waals surface area contributed by atoms with Crippen LogP contribution in [-0.2, 0) is 4.74 Å². The monoisotopic (exact) mass is 267 g/mol. The summed E-state index contributed by atoms with van der Waals surface area (Å²) >= 11 is 0. The van der Waals surface area contributed by atoms with Crippen LogP contribution in [0.25, 0.3) is 11.3 Å². The number of halogens is 2. The maximum absolute atomic E-state index is 13.7. The van der Waals surface area contributed by atoms with Crippen LogP contribution < -0.4 is 0 Å². The van der Waals surface area contributed by atoms with Crippen LogP contribution in [0.4, 0.5) is 8.78 Å². The molecule has 0 atom stereocenters. The fourth-order valence-electron chi connectivity index (χ4n) is 1.68. The molecule has 2 aromatic rings. The first-order valence-electron chi connectivity index (χ1n) is 5.63. The van der Waals surface area contributed by atoms with Crippen molar-refractivity contribution in [3.8, 4) is 11.3 Å². The summed E-state index contributed by atoms with van der Waals surface area (Å²) in [6.45, 7) is 3.35. The van der Waals surface area contributed by atoms with Gasteiger partial charge < -0.3 is 9.26 Å². The predicted octanol–water partition coefficient (Wildman–Crippen LogP) is 3.10. The van der Waals surface area contributed by atoms with Crippen LogP contribution in [-0.4, -0.2) is 17.7 Å². The molecule has 0 saturated heterocycles. The summed E-state index contributed by atoms with van der Waals surface area (Å²) in [6, 6.07) is 3.00. The van der Waals surface area contributed by atoms with E-state index in [9.17, 15) is 13.6 Å². The van der Waals surface area contributed by atoms with Crippen LogP contribution in [0.1, 0.15) is 23.0 Å². The third-order valence-electron chi connectivity index (χ3n) is 2.53. The fourth-order valence-corrected chi connectivity index (χ4v) is 1.68. The van der Waals surface area contributed by atoms with E-state index >= 15 is 0 Å². The molecule has 100 valence electrons. The smallest absolute Gasteiger partial charge is 0.344 e. The minimum absolute atomic E-state index is 0.00782. The molecule has 0 aliphatic heterocycles. The highest BCUT2D eigenvalue weighted by atomic mass is 19.1. The maximum Gasteiger partial charge on any atom is 0.344 e. The second-order valence-electron chi connectivity index (χ2n) is 3.81. The van der Waals surface area contributed by atoms with E-state index in [0.29, 0.717) is 6.07 Å². The molecule has 0 aliphatic carbocycles. The number of aromatic nitrogens is 1. The zero-order valence-electron chi connectivity index (χ0n) is 10.4. The van der Waals surface area contributed by atoms with Gasteiger partial charge in [-0.25, -0.2) is 13.6 Å². The Morgan fingerprint density at radius 3 is 2.79 bits per heavy atom. The van der Waals surface area contributed by atoms with Gasteiger partial charge in [0.15, 0.2) is 0 Å². The van der Waals surface area contributed by atoms with Gasteiger partial charge in [0.05, 0.1) is 6.61 Å². The van der Waals surface area contributed by atoms with E-state index in [4.69, 9.17) is 9.26 Å². The van der Waals surface area contributed by atoms with Gasteiger partial charge in [0.25, 0.3) is 0 Å². The van der Waals surface area contributed by atoms with Gasteiger partial charge in [-0.1, -0.05) is 5.16 Å². The number of benzene rings is 1. The van der Waals surface area contributed by atoms with Crippen molar-refractivity contribution in [2.45, 2.75) is 13.8 Å². The molecule has 19 heavy (non-hydrogen) atoms. The van der Waals surface area contributed by atoms with Crippen molar-refractivity contribution in [2.75, 3.05) is 6.61 Å². The molecule has 0 saturated carbocycles. The SMILES string of the molecule is CCOC(=O)c1c(-c2ccc(F)cc2F)noc1C. The molecule has 1 aromatic carbocycles. The standard InChI is InChI=1S/C13H11F2NO3/c1-3-18-13(17)11-7(2)19-16-12(11)9-5-4-8(14)6-10(9)15/h4-6H,3H2,1-2H3. The van der Waals surface area contributed by atoms with Gasteiger partial charge in [-0.15, -0.1) is 0 Å². The molecule has 2 rings (SSSR count). The zero-order valence-corrected chi connectivity index (χ0v) is 10.4. The van der Waals surface area contributed by atoms with Crippen molar-refractivity contribution < 1.29 is 22.8 Å². The first-order valence-corrected chi connectivity index (χ1v) is 5.63. The van der Waals surface area contributed by atoms with E-state index < -0.39 is 17.6 Å². The van der Waals surface area contributed by atoms with Crippen molar-refractivity contribution in [1.29, 1.82) is 0 Å². The van der Waals surface area contributed by atoms with Crippen LogP contribution in [0.15, 0.2) is 22.7 Å². The van der Waals surface area contributed by atoms with Crippen LogP contribution in [0.2, 0.25) is 0 Å². The number of carbonyl (C=O) groups is 1. The predicted molar refractivity (Wildman–Crippen MR) is 62.5 cm³/mol. The van der Waals surface area contributed by atoms with E-state index in [1.807, 2.05) is 0 Å². The van der Waals surface area contributed by atoms with Crippen molar-refractivity contribution in [3.63, 3.8) is 0 Å². The fraction of sp³-hybridized carbons (Fsp3) is 0.231. The zero-order chi connectivity index (χ0) is 14.0. The molecule has 0 aliphatic rings. The van der Waals surface area contributed by atoms with Gasteiger partial charge in [0.2, 0.25) is 0 Å². The molecule has 0 spiro atoms. The summed E-state index contributed by atoms with van der Waals surface area (Å²) < 4.78 is 36.3. The highest BCUT2D eigenvalue weighted by Gasteiger charge is 2.24. The summed E-state index contributed by atoms with van der Waals surface area (Å²) in [5.74, 6) is -1.96. The Bertz CT molecular complexity index is 622. The number of hydrogen-bond donors (Lipinski definition) is 0. The highest BCUT2D eigenvalue weighted by Crippen LogP contribution is 2.28. The molecular weight excluding hydrogens is 256 g/mol. The van der Waals surface area contributed by atoms with E-state index in [-0.39, 0.29) is 29.2 Å². The van der Waals surface area contributed by atoms with Crippen LogP contribution in [0.3, 0.4) is 0 Å². The molecule has 0 amide bonds. The van der Waals surface area contributed by atoms with Gasteiger partial charge >= 0.3 is 5.97 Å². The molecule has 1 aromatic heterocycles. The first-order chi connectivity index (χ1) is 9.04. The number of hydrogen-bond acceptors (Lipinski definition) is 4. The Labute approximate surface area is 108 Å². The number of rotatable bonds is 3. The van der Waals surface area contributed by atoms with E-state index in [0.717, 1.165) is 6.07 Å². The molecule has 0 unspecified atom stereocenters. The molecule has 4 nitrogen and oxygen atoms in total. The lowest BCUT2D eigenvalue weighted by Crippen LogP contribution is -2.07. The third-order valence-corrected chi connectivity index (χ3v) is 2.53. The first kappa shape index (κ1) is 13.2. The Kier molecular flexibility index (Phi) is 3.59. The van der Waals surface area contributed by atoms with E-state index in [1.54, 1.807) is 6.92 Å². The number of nitrogens with zero attached hydrogens (tertiary/aromatic N) is 1. The number of aryl methyl sites for hydroxylation is 1. The molecular formula is C13H11F2NO3. The second kappa shape index (κ2) is 5.17. The average Bonchev–Trinajstić information content (AvgIpc) is 2.71. The highest BCUT2D eigenvalue weighted by molar-refractivity contribution is 5.97. The van der Waals surface area contributed by atoms with Gasteiger partial charge in [0, 0.05) is 11.6 Å². The normalized spacial score (nSPS) is 10.5.